The summed E-state index contributed by atoms with van der Waals surface area (Å²) in [6.07, 6.45) is 8.27. The van der Waals surface area contributed by atoms with E-state index in [9.17, 15) is 15.5 Å². The summed E-state index contributed by atoms with van der Waals surface area (Å²) < 4.78 is 11.9. The Balaban J connectivity index is 1.52. The third kappa shape index (κ3) is 2.03. The average molecular weight is 373 g/mol. The molecule has 2 N–H and O–H groups in total. The highest BCUT2D eigenvalue weighted by molar-refractivity contribution is 5.33. The number of allylic oxidation sites excluding steroid dienone is 1. The molecule has 148 valence electrons. The van der Waals surface area contributed by atoms with Crippen LogP contribution in [0, 0.1) is 34.0 Å². The summed E-state index contributed by atoms with van der Waals surface area (Å²) >= 11 is 0. The summed E-state index contributed by atoms with van der Waals surface area (Å²) in [6, 6.07) is 2.21. The summed E-state index contributed by atoms with van der Waals surface area (Å²) in [6.45, 7) is 5.61. The summed E-state index contributed by atoms with van der Waals surface area (Å²) in [5.41, 5.74) is -1.45. The standard InChI is InChI=1S/C22H31NO4/c1-18-7-9-21(26-11-12-27-21)13-15(18)3-4-17-16-5-6-20(24,14-23)19(16,2)8-10-22(17,18)25/h3,16-17,24-25H,4-13H2,1-2H3/t16-,17-,18+,19+,20+,22-/m1/s1. The molecule has 1 aliphatic heterocycles. The fourth-order valence-corrected chi connectivity index (χ4v) is 7.49. The molecule has 5 nitrogen and oxygen atoms in total. The van der Waals surface area contributed by atoms with Crippen molar-refractivity contribution >= 4 is 0 Å². The quantitative estimate of drug-likeness (QED) is 0.504. The van der Waals surface area contributed by atoms with Gasteiger partial charge in [0.1, 0.15) is 0 Å². The van der Waals surface area contributed by atoms with Crippen molar-refractivity contribution in [3.05, 3.63) is 11.6 Å². The van der Waals surface area contributed by atoms with Gasteiger partial charge in [-0.15, -0.1) is 0 Å². The molecule has 0 unspecified atom stereocenters. The van der Waals surface area contributed by atoms with Gasteiger partial charge in [0.05, 0.1) is 24.9 Å². The average Bonchev–Trinajstić information content (AvgIpc) is 3.21. The van der Waals surface area contributed by atoms with Gasteiger partial charge >= 0.3 is 0 Å². The van der Waals surface area contributed by atoms with E-state index in [1.54, 1.807) is 0 Å². The van der Waals surface area contributed by atoms with Crippen LogP contribution < -0.4 is 0 Å². The van der Waals surface area contributed by atoms with Crippen molar-refractivity contribution in [2.45, 2.75) is 82.2 Å². The molecule has 1 spiro atoms. The van der Waals surface area contributed by atoms with E-state index in [0.717, 1.165) is 32.1 Å². The number of nitriles is 1. The predicted octanol–water partition coefficient (Wildman–Crippen LogP) is 3.06. The van der Waals surface area contributed by atoms with Crippen molar-refractivity contribution in [1.82, 2.24) is 0 Å². The minimum absolute atomic E-state index is 0.104. The number of ether oxygens (including phenoxy) is 2. The second-order valence-electron chi connectivity index (χ2n) is 10.1. The molecule has 0 amide bonds. The Morgan fingerprint density at radius 1 is 1.04 bits per heavy atom. The summed E-state index contributed by atoms with van der Waals surface area (Å²) in [5, 5.41) is 32.7. The molecule has 3 saturated carbocycles. The van der Waals surface area contributed by atoms with Crippen LogP contribution in [0.15, 0.2) is 11.6 Å². The van der Waals surface area contributed by atoms with Gasteiger partial charge in [0.25, 0.3) is 0 Å². The number of hydrogen-bond acceptors (Lipinski definition) is 5. The van der Waals surface area contributed by atoms with E-state index < -0.39 is 22.4 Å². The lowest BCUT2D eigenvalue weighted by Crippen LogP contribution is -2.65. The first-order chi connectivity index (χ1) is 12.7. The van der Waals surface area contributed by atoms with Crippen molar-refractivity contribution in [2.24, 2.45) is 22.7 Å². The molecule has 4 fully saturated rings. The SMILES string of the molecule is C[C@]12CCC3(CC1=CC[C@@H]1[C@H]4CC[C@](O)(C#N)[C@@]4(C)CC[C@@]12O)OCCO3. The van der Waals surface area contributed by atoms with E-state index in [2.05, 4.69) is 26.0 Å². The lowest BCUT2D eigenvalue weighted by molar-refractivity contribution is -0.227. The van der Waals surface area contributed by atoms with Gasteiger partial charge in [-0.05, 0) is 50.4 Å². The van der Waals surface area contributed by atoms with E-state index in [4.69, 9.17) is 9.47 Å². The molecule has 0 aromatic carbocycles. The molecule has 0 radical (unpaired) electrons. The van der Waals surface area contributed by atoms with Crippen LogP contribution in [0.4, 0.5) is 0 Å². The van der Waals surface area contributed by atoms with Gasteiger partial charge in [-0.25, -0.2) is 0 Å². The third-order valence-corrected chi connectivity index (χ3v) is 9.45. The fraction of sp³-hybridized carbons (Fsp3) is 0.864. The minimum Gasteiger partial charge on any atom is -0.389 e. The second kappa shape index (κ2) is 5.36. The molecule has 5 aliphatic rings. The van der Waals surface area contributed by atoms with Gasteiger partial charge in [0.2, 0.25) is 0 Å². The highest BCUT2D eigenvalue weighted by atomic mass is 16.7. The summed E-state index contributed by atoms with van der Waals surface area (Å²) in [7, 11) is 0. The Bertz CT molecular complexity index is 737. The van der Waals surface area contributed by atoms with Crippen molar-refractivity contribution in [1.29, 1.82) is 5.26 Å². The molecule has 27 heavy (non-hydrogen) atoms. The first-order valence-electron chi connectivity index (χ1n) is 10.6. The maximum absolute atomic E-state index is 12.1. The Kier molecular flexibility index (Phi) is 3.60. The molecule has 6 atom stereocenters. The number of aliphatic hydroxyl groups is 2. The Hall–Kier alpha value is -0.930. The first kappa shape index (κ1) is 18.1. The normalized spacial score (nSPS) is 53.2. The Labute approximate surface area is 161 Å². The smallest absolute Gasteiger partial charge is 0.172 e. The van der Waals surface area contributed by atoms with Crippen molar-refractivity contribution in [3.8, 4) is 6.07 Å². The zero-order valence-corrected chi connectivity index (χ0v) is 16.5. The van der Waals surface area contributed by atoms with Crippen LogP contribution in [0.2, 0.25) is 0 Å². The van der Waals surface area contributed by atoms with Gasteiger partial charge in [-0.2, -0.15) is 5.26 Å². The first-order valence-corrected chi connectivity index (χ1v) is 10.6. The third-order valence-electron chi connectivity index (χ3n) is 9.45. The molecule has 0 aromatic heterocycles. The number of hydrogen-bond donors (Lipinski definition) is 2. The Morgan fingerprint density at radius 2 is 1.78 bits per heavy atom. The molecule has 0 aromatic rings. The lowest BCUT2D eigenvalue weighted by atomic mass is 9.44. The largest absolute Gasteiger partial charge is 0.389 e. The molecule has 5 heteroatoms. The van der Waals surface area contributed by atoms with Crippen LogP contribution in [0.5, 0.6) is 0 Å². The van der Waals surface area contributed by atoms with E-state index in [1.165, 1.54) is 5.57 Å². The van der Waals surface area contributed by atoms with Crippen molar-refractivity contribution in [3.63, 3.8) is 0 Å². The lowest BCUT2D eigenvalue weighted by Gasteiger charge is -2.63. The van der Waals surface area contributed by atoms with Crippen molar-refractivity contribution in [2.75, 3.05) is 13.2 Å². The molecular weight excluding hydrogens is 342 g/mol. The minimum atomic E-state index is -1.26. The maximum Gasteiger partial charge on any atom is 0.172 e. The highest BCUT2D eigenvalue weighted by Gasteiger charge is 2.69. The van der Waals surface area contributed by atoms with Gasteiger partial charge < -0.3 is 19.7 Å². The van der Waals surface area contributed by atoms with Crippen LogP contribution in [-0.2, 0) is 9.47 Å². The topological polar surface area (TPSA) is 82.7 Å². The molecule has 1 saturated heterocycles. The van der Waals surface area contributed by atoms with Gasteiger partial charge in [0.15, 0.2) is 11.4 Å². The van der Waals surface area contributed by atoms with Crippen LogP contribution in [-0.4, -0.2) is 40.4 Å². The zero-order valence-electron chi connectivity index (χ0n) is 16.5. The van der Waals surface area contributed by atoms with E-state index in [1.807, 2.05) is 0 Å². The van der Waals surface area contributed by atoms with Crippen LogP contribution in [0.3, 0.4) is 0 Å². The highest BCUT2D eigenvalue weighted by Crippen LogP contribution is 2.69. The van der Waals surface area contributed by atoms with Crippen LogP contribution in [0.1, 0.15) is 65.2 Å². The number of nitrogens with zero attached hydrogens (tertiary/aromatic N) is 1. The Morgan fingerprint density at radius 3 is 2.48 bits per heavy atom. The van der Waals surface area contributed by atoms with E-state index in [0.29, 0.717) is 32.5 Å². The van der Waals surface area contributed by atoms with Crippen LogP contribution in [0.25, 0.3) is 0 Å². The summed E-state index contributed by atoms with van der Waals surface area (Å²) in [4.78, 5) is 0. The van der Waals surface area contributed by atoms with Crippen molar-refractivity contribution < 1.29 is 19.7 Å². The number of rotatable bonds is 0. The van der Waals surface area contributed by atoms with E-state index >= 15 is 0 Å². The fourth-order valence-electron chi connectivity index (χ4n) is 7.49. The van der Waals surface area contributed by atoms with E-state index in [-0.39, 0.29) is 17.3 Å². The molecule has 0 bridgehead atoms. The van der Waals surface area contributed by atoms with Crippen LogP contribution >= 0.6 is 0 Å². The van der Waals surface area contributed by atoms with Gasteiger partial charge in [-0.3, -0.25) is 0 Å². The van der Waals surface area contributed by atoms with Gasteiger partial charge in [0, 0.05) is 23.7 Å². The number of fused-ring (bicyclic) bond motifs is 5. The monoisotopic (exact) mass is 373 g/mol. The predicted molar refractivity (Wildman–Crippen MR) is 98.4 cm³/mol. The van der Waals surface area contributed by atoms with Gasteiger partial charge in [-0.1, -0.05) is 25.5 Å². The zero-order chi connectivity index (χ0) is 19.1. The molecule has 5 rings (SSSR count). The molecule has 1 heterocycles. The molecule has 4 aliphatic carbocycles. The molecular formula is C22H31NO4. The summed E-state index contributed by atoms with van der Waals surface area (Å²) in [5.74, 6) is -0.191. The maximum atomic E-state index is 12.1. The second-order valence-corrected chi connectivity index (χ2v) is 10.1.